The van der Waals surface area contributed by atoms with Crippen LogP contribution in [0.3, 0.4) is 0 Å². The molecule has 0 spiro atoms. The fraction of sp³-hybridized carbons (Fsp3) is 0.333. The van der Waals surface area contributed by atoms with Crippen LogP contribution in [0.15, 0.2) is 30.3 Å². The molecule has 0 aromatic heterocycles. The molecule has 110 valence electrons. The summed E-state index contributed by atoms with van der Waals surface area (Å²) < 4.78 is 0. The number of fused-ring (bicyclic) bond motifs is 1. The van der Waals surface area contributed by atoms with E-state index in [2.05, 4.69) is 24.8 Å². The van der Waals surface area contributed by atoms with Crippen LogP contribution in [0, 0.1) is 0 Å². The van der Waals surface area contributed by atoms with E-state index in [9.17, 15) is 9.59 Å². The molecule has 0 bridgehead atoms. The van der Waals surface area contributed by atoms with Gasteiger partial charge in [-0.3, -0.25) is 9.59 Å². The molecule has 0 amide bonds. The summed E-state index contributed by atoms with van der Waals surface area (Å²) in [6, 6.07) is 9.73. The second-order valence-corrected chi connectivity index (χ2v) is 5.18. The lowest BCUT2D eigenvalue weighted by Gasteiger charge is -2.21. The SMILES string of the molecule is CCN(CC)c1ccc2c(C(C)=O)c(C(C)=O)ccc2c1. The largest absolute Gasteiger partial charge is 0.372 e. The van der Waals surface area contributed by atoms with Crippen molar-refractivity contribution in [3.05, 3.63) is 41.5 Å². The molecule has 2 aromatic carbocycles. The van der Waals surface area contributed by atoms with Gasteiger partial charge in [0, 0.05) is 29.9 Å². The third kappa shape index (κ3) is 2.82. The highest BCUT2D eigenvalue weighted by atomic mass is 16.1. The Kier molecular flexibility index (Phi) is 4.41. The molecule has 0 aliphatic carbocycles. The molecule has 0 saturated carbocycles. The molecule has 0 aliphatic rings. The smallest absolute Gasteiger partial charge is 0.161 e. The highest BCUT2D eigenvalue weighted by Gasteiger charge is 2.15. The lowest BCUT2D eigenvalue weighted by molar-refractivity contribution is 0.0982. The maximum absolute atomic E-state index is 12.0. The minimum absolute atomic E-state index is 0.0682. The summed E-state index contributed by atoms with van der Waals surface area (Å²) in [4.78, 5) is 25.9. The number of hydrogen-bond acceptors (Lipinski definition) is 3. The standard InChI is InChI=1S/C18H21NO2/c1-5-19(6-2)15-8-10-17-14(11-15)7-9-16(12(3)20)18(17)13(4)21/h7-11H,5-6H2,1-4H3. The van der Waals surface area contributed by atoms with Crippen LogP contribution in [0.2, 0.25) is 0 Å². The van der Waals surface area contributed by atoms with Crippen LogP contribution in [0.5, 0.6) is 0 Å². The highest BCUT2D eigenvalue weighted by Crippen LogP contribution is 2.28. The molecule has 3 heteroatoms. The van der Waals surface area contributed by atoms with Gasteiger partial charge in [0.15, 0.2) is 11.6 Å². The van der Waals surface area contributed by atoms with Gasteiger partial charge >= 0.3 is 0 Å². The third-order valence-electron chi connectivity index (χ3n) is 3.86. The Hall–Kier alpha value is -2.16. The normalized spacial score (nSPS) is 10.7. The minimum atomic E-state index is -0.0741. The molecule has 0 unspecified atom stereocenters. The van der Waals surface area contributed by atoms with Crippen molar-refractivity contribution in [3.63, 3.8) is 0 Å². The number of rotatable bonds is 5. The van der Waals surface area contributed by atoms with Gasteiger partial charge in [-0.1, -0.05) is 18.2 Å². The zero-order valence-electron chi connectivity index (χ0n) is 13.1. The van der Waals surface area contributed by atoms with Crippen molar-refractivity contribution < 1.29 is 9.59 Å². The van der Waals surface area contributed by atoms with Crippen molar-refractivity contribution in [1.29, 1.82) is 0 Å². The molecule has 0 N–H and O–H groups in total. The summed E-state index contributed by atoms with van der Waals surface area (Å²) in [5, 5.41) is 1.85. The van der Waals surface area contributed by atoms with Crippen molar-refractivity contribution in [3.8, 4) is 0 Å². The van der Waals surface area contributed by atoms with E-state index >= 15 is 0 Å². The molecule has 0 atom stereocenters. The molecule has 0 radical (unpaired) electrons. The molecule has 0 fully saturated rings. The Bertz CT molecular complexity index is 700. The van der Waals surface area contributed by atoms with Gasteiger partial charge in [0.2, 0.25) is 0 Å². The Balaban J connectivity index is 2.69. The third-order valence-corrected chi connectivity index (χ3v) is 3.86. The minimum Gasteiger partial charge on any atom is -0.372 e. The number of carbonyl (C=O) groups excluding carboxylic acids is 2. The number of hydrogen-bond donors (Lipinski definition) is 0. The average molecular weight is 283 g/mol. The maximum Gasteiger partial charge on any atom is 0.161 e. The van der Waals surface area contributed by atoms with Gasteiger partial charge in [-0.2, -0.15) is 0 Å². The fourth-order valence-corrected chi connectivity index (χ4v) is 2.78. The zero-order chi connectivity index (χ0) is 15.6. The number of anilines is 1. The number of carbonyl (C=O) groups is 2. The summed E-state index contributed by atoms with van der Waals surface area (Å²) >= 11 is 0. The molecule has 0 saturated heterocycles. The van der Waals surface area contributed by atoms with E-state index < -0.39 is 0 Å². The number of ketones is 2. The first-order chi connectivity index (χ1) is 9.99. The van der Waals surface area contributed by atoms with Gasteiger partial charge < -0.3 is 4.90 Å². The summed E-state index contributed by atoms with van der Waals surface area (Å²) in [7, 11) is 0. The molecule has 0 aliphatic heterocycles. The van der Waals surface area contributed by atoms with E-state index in [1.807, 2.05) is 18.2 Å². The Labute approximate surface area is 125 Å². The Morgan fingerprint density at radius 2 is 1.62 bits per heavy atom. The molecule has 2 aromatic rings. The van der Waals surface area contributed by atoms with Gasteiger partial charge in [-0.05, 0) is 50.6 Å². The van der Waals surface area contributed by atoms with Crippen LogP contribution in [-0.2, 0) is 0 Å². The first kappa shape index (κ1) is 15.2. The van der Waals surface area contributed by atoms with Crippen LogP contribution in [0.4, 0.5) is 5.69 Å². The molecular weight excluding hydrogens is 262 g/mol. The van der Waals surface area contributed by atoms with Crippen LogP contribution in [0.25, 0.3) is 10.8 Å². The molecule has 0 heterocycles. The number of nitrogens with zero attached hydrogens (tertiary/aromatic N) is 1. The summed E-state index contributed by atoms with van der Waals surface area (Å²) in [5.74, 6) is -0.142. The Morgan fingerprint density at radius 1 is 0.952 bits per heavy atom. The van der Waals surface area contributed by atoms with Gasteiger partial charge in [0.25, 0.3) is 0 Å². The van der Waals surface area contributed by atoms with Crippen molar-refractivity contribution in [2.24, 2.45) is 0 Å². The van der Waals surface area contributed by atoms with Crippen LogP contribution in [-0.4, -0.2) is 24.7 Å². The molecule has 21 heavy (non-hydrogen) atoms. The van der Waals surface area contributed by atoms with Crippen molar-refractivity contribution >= 4 is 28.0 Å². The molecule has 2 rings (SSSR count). The lowest BCUT2D eigenvalue weighted by atomic mass is 9.94. The zero-order valence-corrected chi connectivity index (χ0v) is 13.1. The van der Waals surface area contributed by atoms with Gasteiger partial charge in [-0.15, -0.1) is 0 Å². The summed E-state index contributed by atoms with van der Waals surface area (Å²) in [5.41, 5.74) is 2.18. The fourth-order valence-electron chi connectivity index (χ4n) is 2.78. The van der Waals surface area contributed by atoms with Crippen LogP contribution in [0.1, 0.15) is 48.4 Å². The first-order valence-corrected chi connectivity index (χ1v) is 7.33. The van der Waals surface area contributed by atoms with Gasteiger partial charge in [0.05, 0.1) is 0 Å². The van der Waals surface area contributed by atoms with E-state index in [4.69, 9.17) is 0 Å². The average Bonchev–Trinajstić information content (AvgIpc) is 2.46. The first-order valence-electron chi connectivity index (χ1n) is 7.33. The number of benzene rings is 2. The van der Waals surface area contributed by atoms with Crippen LogP contribution < -0.4 is 4.90 Å². The second kappa shape index (κ2) is 6.08. The van der Waals surface area contributed by atoms with Gasteiger partial charge in [-0.25, -0.2) is 0 Å². The van der Waals surface area contributed by atoms with E-state index in [0.29, 0.717) is 11.1 Å². The van der Waals surface area contributed by atoms with Gasteiger partial charge in [0.1, 0.15) is 0 Å². The Morgan fingerprint density at radius 3 is 2.14 bits per heavy atom. The quantitative estimate of drug-likeness (QED) is 0.776. The van der Waals surface area contributed by atoms with Crippen molar-refractivity contribution in [2.75, 3.05) is 18.0 Å². The second-order valence-electron chi connectivity index (χ2n) is 5.18. The van der Waals surface area contributed by atoms with Crippen molar-refractivity contribution in [2.45, 2.75) is 27.7 Å². The monoisotopic (exact) mass is 283 g/mol. The summed E-state index contributed by atoms with van der Waals surface area (Å²) in [6.45, 7) is 9.12. The van der Waals surface area contributed by atoms with E-state index in [1.165, 1.54) is 13.8 Å². The predicted octanol–water partition coefficient (Wildman–Crippen LogP) is 4.09. The number of Topliss-reactive ketones (excluding diaryl/α,β-unsaturated/α-hetero) is 2. The molecular formula is C18H21NO2. The highest BCUT2D eigenvalue weighted by molar-refractivity contribution is 6.15. The van der Waals surface area contributed by atoms with E-state index in [-0.39, 0.29) is 11.6 Å². The van der Waals surface area contributed by atoms with Crippen LogP contribution >= 0.6 is 0 Å². The predicted molar refractivity (Wildman–Crippen MR) is 87.5 cm³/mol. The van der Waals surface area contributed by atoms with E-state index in [0.717, 1.165) is 29.5 Å². The topological polar surface area (TPSA) is 37.4 Å². The van der Waals surface area contributed by atoms with Crippen molar-refractivity contribution in [1.82, 2.24) is 0 Å². The summed E-state index contributed by atoms with van der Waals surface area (Å²) in [6.07, 6.45) is 0. The maximum atomic E-state index is 12.0. The van der Waals surface area contributed by atoms with E-state index in [1.54, 1.807) is 6.07 Å². The molecule has 3 nitrogen and oxygen atoms in total. The lowest BCUT2D eigenvalue weighted by Crippen LogP contribution is -2.21.